The van der Waals surface area contributed by atoms with Crippen LogP contribution in [0.15, 0.2) is 87.7 Å². The minimum atomic E-state index is -0.499. The summed E-state index contributed by atoms with van der Waals surface area (Å²) in [6.07, 6.45) is 15.1. The smallest absolute Gasteiger partial charge is 0.313 e. The summed E-state index contributed by atoms with van der Waals surface area (Å²) < 4.78 is 6.00. The lowest BCUT2D eigenvalue weighted by atomic mass is 10.2. The molecule has 0 radical (unpaired) electrons. The number of pyridine rings is 1. The van der Waals surface area contributed by atoms with E-state index in [9.17, 15) is 4.79 Å². The minimum absolute atomic E-state index is 0.100. The third-order valence-corrected chi connectivity index (χ3v) is 5.37. The van der Waals surface area contributed by atoms with Crippen molar-refractivity contribution >= 4 is 23.9 Å². The van der Waals surface area contributed by atoms with Crippen molar-refractivity contribution < 1.29 is 9.53 Å². The Bertz CT molecular complexity index is 1050. The van der Waals surface area contributed by atoms with E-state index in [-0.39, 0.29) is 12.2 Å². The maximum Gasteiger partial charge on any atom is 0.313 e. The Morgan fingerprint density at radius 3 is 2.76 bits per heavy atom. The normalized spacial score (nSPS) is 15.2. The van der Waals surface area contributed by atoms with E-state index < -0.39 is 5.91 Å². The van der Waals surface area contributed by atoms with E-state index in [1.54, 1.807) is 30.5 Å². The van der Waals surface area contributed by atoms with Crippen molar-refractivity contribution in [3.8, 4) is 0 Å². The van der Waals surface area contributed by atoms with Gasteiger partial charge in [0.05, 0.1) is 18.5 Å². The monoisotopic (exact) mass is 505 g/mol. The molecule has 0 bridgehead atoms. The zero-order chi connectivity index (χ0) is 26.9. The number of primary amides is 1. The zero-order valence-corrected chi connectivity index (χ0v) is 22.1. The molecule has 1 aliphatic carbocycles. The van der Waals surface area contributed by atoms with Crippen LogP contribution < -0.4 is 11.2 Å². The molecule has 1 aromatic heterocycles. The van der Waals surface area contributed by atoms with E-state index in [1.165, 1.54) is 6.21 Å². The highest BCUT2D eigenvalue weighted by atomic mass is 16.5. The molecule has 0 aliphatic heterocycles. The van der Waals surface area contributed by atoms with E-state index in [1.807, 2.05) is 31.2 Å². The first-order chi connectivity index (χ1) is 18.0. The van der Waals surface area contributed by atoms with Crippen molar-refractivity contribution in [1.82, 2.24) is 15.3 Å². The number of nitrogens with one attached hydrogen (secondary N) is 1. The molecule has 1 heterocycles. The number of carbonyl (C=O) groups excluding carboxylic acids is 1. The Kier molecular flexibility index (Phi) is 13.3. The molecule has 0 saturated carbocycles. The van der Waals surface area contributed by atoms with Crippen LogP contribution in [0.5, 0.6) is 0 Å². The summed E-state index contributed by atoms with van der Waals surface area (Å²) in [7, 11) is 0. The predicted molar refractivity (Wildman–Crippen MR) is 151 cm³/mol. The number of nitrogens with zero attached hydrogens (tertiary/aromatic N) is 5. The average Bonchev–Trinajstić information content (AvgIpc) is 3.14. The number of nitrogens with two attached hydrogens (primary N) is 1. The Morgan fingerprint density at radius 1 is 1.32 bits per heavy atom. The number of hydrogen-bond acceptors (Lipinski definition) is 7. The topological polar surface area (TPSA) is 118 Å². The van der Waals surface area contributed by atoms with Gasteiger partial charge in [-0.2, -0.15) is 10.1 Å². The molecule has 3 N–H and O–H groups in total. The lowest BCUT2D eigenvalue weighted by molar-refractivity contribution is -0.114. The second-order valence-electron chi connectivity index (χ2n) is 8.40. The van der Waals surface area contributed by atoms with Crippen molar-refractivity contribution in [2.24, 2.45) is 20.8 Å². The van der Waals surface area contributed by atoms with Gasteiger partial charge in [0.1, 0.15) is 6.17 Å². The molecule has 1 aliphatic rings. The second-order valence-corrected chi connectivity index (χ2v) is 8.40. The lowest BCUT2D eigenvalue weighted by Crippen LogP contribution is -2.34. The lowest BCUT2D eigenvalue weighted by Gasteiger charge is -2.25. The van der Waals surface area contributed by atoms with Crippen LogP contribution in [0.3, 0.4) is 0 Å². The van der Waals surface area contributed by atoms with Gasteiger partial charge >= 0.3 is 6.02 Å². The van der Waals surface area contributed by atoms with Gasteiger partial charge in [-0.1, -0.05) is 38.6 Å². The molecule has 2 rings (SSSR count). The minimum Gasteiger partial charge on any atom is -0.463 e. The fourth-order valence-corrected chi connectivity index (χ4v) is 3.50. The number of aliphatic imine (C=N–C) groups is 2. The summed E-state index contributed by atoms with van der Waals surface area (Å²) in [5.41, 5.74) is 10.9. The quantitative estimate of drug-likeness (QED) is 0.226. The number of hydrogen-bond donors (Lipinski definition) is 2. The molecule has 0 saturated heterocycles. The van der Waals surface area contributed by atoms with Crippen molar-refractivity contribution in [2.45, 2.75) is 52.6 Å². The van der Waals surface area contributed by atoms with Crippen molar-refractivity contribution in [3.05, 3.63) is 78.3 Å². The molecule has 1 unspecified atom stereocenters. The number of aromatic nitrogens is 1. The van der Waals surface area contributed by atoms with Crippen LogP contribution in [0, 0.1) is 0 Å². The average molecular weight is 506 g/mol. The molecule has 37 heavy (non-hydrogen) atoms. The number of amidine groups is 1. The molecular weight excluding hydrogens is 466 g/mol. The van der Waals surface area contributed by atoms with E-state index in [4.69, 9.17) is 15.5 Å². The molecule has 198 valence electrons. The van der Waals surface area contributed by atoms with Gasteiger partial charge in [-0.25, -0.2) is 4.99 Å². The molecule has 1 aromatic rings. The molecule has 1 atom stereocenters. The van der Waals surface area contributed by atoms with E-state index >= 15 is 0 Å². The molecule has 9 heteroatoms. The van der Waals surface area contributed by atoms with Gasteiger partial charge in [-0.3, -0.25) is 20.1 Å². The molecule has 0 aromatic carbocycles. The Labute approximate surface area is 220 Å². The van der Waals surface area contributed by atoms with Crippen molar-refractivity contribution in [1.29, 1.82) is 0 Å². The number of rotatable bonds is 14. The third-order valence-electron chi connectivity index (χ3n) is 5.37. The van der Waals surface area contributed by atoms with Crippen LogP contribution in [-0.2, 0) is 16.0 Å². The standard InChI is InChI=1S/C28H39N7O2/c1-5-17-35(18-6-2)22(4)32-28(37-19-15-25-13-10-11-16-30-25)33-24(7-3)21-31-34-26-14-9-8-12-23(20-26)27(29)36/h7-13,16,20-22,34H,3,5-6,14-15,17-19H2,1-2,4H3,(H2,29,36)/b31-21+,32-28+,33-24+. The van der Waals surface area contributed by atoms with Gasteiger partial charge < -0.3 is 10.5 Å². The number of ether oxygens (including phenoxy) is 1. The van der Waals surface area contributed by atoms with Gasteiger partial charge in [0, 0.05) is 36.0 Å². The van der Waals surface area contributed by atoms with Crippen LogP contribution >= 0.6 is 0 Å². The van der Waals surface area contributed by atoms with Crippen molar-refractivity contribution in [3.63, 3.8) is 0 Å². The van der Waals surface area contributed by atoms with Gasteiger partial charge in [0.2, 0.25) is 5.91 Å². The largest absolute Gasteiger partial charge is 0.463 e. The maximum absolute atomic E-state index is 11.5. The maximum atomic E-state index is 11.5. The highest BCUT2D eigenvalue weighted by Crippen LogP contribution is 2.10. The van der Waals surface area contributed by atoms with Gasteiger partial charge in [0.15, 0.2) is 0 Å². The number of carbonyl (C=O) groups is 1. The molecular formula is C28H39N7O2. The highest BCUT2D eigenvalue weighted by Gasteiger charge is 2.13. The van der Waals surface area contributed by atoms with E-state index in [0.29, 0.717) is 30.7 Å². The van der Waals surface area contributed by atoms with E-state index in [0.717, 1.165) is 37.3 Å². The van der Waals surface area contributed by atoms with Crippen LogP contribution in [0.25, 0.3) is 0 Å². The van der Waals surface area contributed by atoms with Crippen LogP contribution in [-0.4, -0.2) is 59.6 Å². The second kappa shape index (κ2) is 16.8. The van der Waals surface area contributed by atoms with Gasteiger partial charge in [0.25, 0.3) is 0 Å². The molecule has 9 nitrogen and oxygen atoms in total. The summed E-state index contributed by atoms with van der Waals surface area (Å²) in [5, 5.41) is 4.27. The van der Waals surface area contributed by atoms with E-state index in [2.05, 4.69) is 45.8 Å². The number of hydrazone groups is 1. The first-order valence-corrected chi connectivity index (χ1v) is 12.7. The molecule has 0 spiro atoms. The molecule has 1 amide bonds. The van der Waals surface area contributed by atoms with Gasteiger partial charge in [-0.15, -0.1) is 0 Å². The summed E-state index contributed by atoms with van der Waals surface area (Å²) >= 11 is 0. The SMILES string of the molecule is C=CC(/C=N/NC1=CC(C(N)=O)=CC=CC1)=N\C(=N/C(C)N(CCC)CCC)OCCc1ccccn1. The van der Waals surface area contributed by atoms with Crippen molar-refractivity contribution in [2.75, 3.05) is 19.7 Å². The van der Waals surface area contributed by atoms with Gasteiger partial charge in [-0.05, 0) is 63.2 Å². The summed E-state index contributed by atoms with van der Waals surface area (Å²) in [5.74, 6) is -0.499. The predicted octanol–water partition coefficient (Wildman–Crippen LogP) is 3.92. The first kappa shape index (κ1) is 29.4. The fourth-order valence-electron chi connectivity index (χ4n) is 3.50. The Hall–Kier alpha value is -3.85. The van der Waals surface area contributed by atoms with Crippen LogP contribution in [0.2, 0.25) is 0 Å². The number of allylic oxidation sites excluding steroid dienone is 4. The number of amides is 1. The van der Waals surface area contributed by atoms with Crippen LogP contribution in [0.4, 0.5) is 0 Å². The summed E-state index contributed by atoms with van der Waals surface area (Å²) in [6.45, 7) is 12.5. The third kappa shape index (κ3) is 11.2. The molecule has 0 fully saturated rings. The highest BCUT2D eigenvalue weighted by molar-refractivity contribution is 6.37. The Balaban J connectivity index is 2.19. The summed E-state index contributed by atoms with van der Waals surface area (Å²) in [6, 6.07) is 6.05. The zero-order valence-electron chi connectivity index (χ0n) is 22.1. The first-order valence-electron chi connectivity index (χ1n) is 12.7. The summed E-state index contributed by atoms with van der Waals surface area (Å²) in [4.78, 5) is 27.5. The van der Waals surface area contributed by atoms with Crippen LogP contribution in [0.1, 0.15) is 45.7 Å². The Morgan fingerprint density at radius 2 is 2.11 bits per heavy atom. The fraction of sp³-hybridized carbons (Fsp3) is 0.393.